The third-order valence-electron chi connectivity index (χ3n) is 5.40. The van der Waals surface area contributed by atoms with Crippen LogP contribution >= 0.6 is 0 Å². The van der Waals surface area contributed by atoms with E-state index in [1.807, 2.05) is 6.92 Å². The molecule has 1 N–H and O–H groups in total. The van der Waals surface area contributed by atoms with Gasteiger partial charge in [-0.3, -0.25) is 4.79 Å². The Morgan fingerprint density at radius 3 is 2.62 bits per heavy atom. The van der Waals surface area contributed by atoms with Crippen molar-refractivity contribution >= 4 is 21.6 Å². The Labute approximate surface area is 170 Å². The molecule has 29 heavy (non-hydrogen) atoms. The summed E-state index contributed by atoms with van der Waals surface area (Å²) in [7, 11) is -3.54. The van der Waals surface area contributed by atoms with Gasteiger partial charge in [0.25, 0.3) is 5.91 Å². The van der Waals surface area contributed by atoms with Crippen molar-refractivity contribution in [2.45, 2.75) is 43.5 Å². The Morgan fingerprint density at radius 1 is 1.10 bits per heavy atom. The standard InChI is InChI=1S/C21H24N2O5S/c1-2-17-5-3-4-12-23(17)29(25,26)18-9-7-16(8-10-18)22-21(24)15-6-11-19-20(13-15)28-14-27-19/h6-11,13,17H,2-5,12,14H2,1H3,(H,22,24)/t17-/m1/s1. The van der Waals surface area contributed by atoms with Gasteiger partial charge >= 0.3 is 0 Å². The van der Waals surface area contributed by atoms with E-state index < -0.39 is 10.0 Å². The first-order valence-electron chi connectivity index (χ1n) is 9.82. The molecule has 2 aliphatic rings. The summed E-state index contributed by atoms with van der Waals surface area (Å²) >= 11 is 0. The third kappa shape index (κ3) is 3.95. The summed E-state index contributed by atoms with van der Waals surface area (Å²) in [6.45, 7) is 2.73. The van der Waals surface area contributed by atoms with Gasteiger partial charge in [-0.1, -0.05) is 13.3 Å². The van der Waals surface area contributed by atoms with Gasteiger partial charge < -0.3 is 14.8 Å². The number of nitrogens with one attached hydrogen (secondary N) is 1. The molecule has 0 bridgehead atoms. The number of benzene rings is 2. The first kappa shape index (κ1) is 19.7. The quantitative estimate of drug-likeness (QED) is 0.805. The molecule has 1 atom stereocenters. The second kappa shape index (κ2) is 8.04. The van der Waals surface area contributed by atoms with Crippen LogP contribution in [0.1, 0.15) is 43.0 Å². The van der Waals surface area contributed by atoms with Gasteiger partial charge in [0.1, 0.15) is 0 Å². The molecular formula is C21H24N2O5S. The molecular weight excluding hydrogens is 392 g/mol. The fraction of sp³-hybridized carbons (Fsp3) is 0.381. The van der Waals surface area contributed by atoms with E-state index in [-0.39, 0.29) is 23.6 Å². The molecule has 1 saturated heterocycles. The largest absolute Gasteiger partial charge is 0.454 e. The van der Waals surface area contributed by atoms with Crippen LogP contribution in [0.4, 0.5) is 5.69 Å². The van der Waals surface area contributed by atoms with E-state index >= 15 is 0 Å². The van der Waals surface area contributed by atoms with Crippen molar-refractivity contribution in [3.8, 4) is 11.5 Å². The van der Waals surface area contributed by atoms with E-state index in [1.165, 1.54) is 0 Å². The molecule has 154 valence electrons. The Balaban J connectivity index is 1.48. The number of rotatable bonds is 5. The zero-order chi connectivity index (χ0) is 20.4. The second-order valence-corrected chi connectivity index (χ2v) is 9.11. The van der Waals surface area contributed by atoms with E-state index in [9.17, 15) is 13.2 Å². The van der Waals surface area contributed by atoms with Crippen molar-refractivity contribution in [1.82, 2.24) is 4.31 Å². The summed E-state index contributed by atoms with van der Waals surface area (Å²) in [5.41, 5.74) is 0.961. The number of amides is 1. The number of piperidine rings is 1. The van der Waals surface area contributed by atoms with E-state index in [2.05, 4.69) is 5.32 Å². The Bertz CT molecular complexity index is 1000. The van der Waals surface area contributed by atoms with Crippen LogP contribution in [0.5, 0.6) is 11.5 Å². The van der Waals surface area contributed by atoms with E-state index in [0.29, 0.717) is 29.3 Å². The Kier molecular flexibility index (Phi) is 5.47. The average Bonchev–Trinajstić information content (AvgIpc) is 3.22. The summed E-state index contributed by atoms with van der Waals surface area (Å²) in [6, 6.07) is 11.3. The zero-order valence-corrected chi connectivity index (χ0v) is 17.1. The maximum absolute atomic E-state index is 13.0. The van der Waals surface area contributed by atoms with Crippen molar-refractivity contribution in [2.24, 2.45) is 0 Å². The topological polar surface area (TPSA) is 84.9 Å². The molecule has 0 saturated carbocycles. The molecule has 2 aromatic rings. The van der Waals surface area contributed by atoms with Gasteiger partial charge in [0.2, 0.25) is 16.8 Å². The van der Waals surface area contributed by atoms with Crippen LogP contribution in [-0.4, -0.2) is 38.0 Å². The van der Waals surface area contributed by atoms with Crippen LogP contribution in [-0.2, 0) is 10.0 Å². The Morgan fingerprint density at radius 2 is 1.86 bits per heavy atom. The molecule has 7 nitrogen and oxygen atoms in total. The molecule has 0 unspecified atom stereocenters. The number of hydrogen-bond donors (Lipinski definition) is 1. The SMILES string of the molecule is CC[C@@H]1CCCCN1S(=O)(=O)c1ccc(NC(=O)c2ccc3c(c2)OCO3)cc1. The fourth-order valence-corrected chi connectivity index (χ4v) is 5.55. The van der Waals surface area contributed by atoms with Crippen molar-refractivity contribution in [1.29, 1.82) is 0 Å². The summed E-state index contributed by atoms with van der Waals surface area (Å²) in [6.07, 6.45) is 3.66. The lowest BCUT2D eigenvalue weighted by atomic mass is 10.0. The molecule has 1 amide bonds. The monoisotopic (exact) mass is 416 g/mol. The van der Waals surface area contributed by atoms with Gasteiger partial charge in [-0.05, 0) is 61.7 Å². The summed E-state index contributed by atoms with van der Waals surface area (Å²) < 4.78 is 38.2. The molecule has 2 aromatic carbocycles. The van der Waals surface area contributed by atoms with Gasteiger partial charge in [-0.15, -0.1) is 0 Å². The highest BCUT2D eigenvalue weighted by Gasteiger charge is 2.32. The van der Waals surface area contributed by atoms with Crippen LogP contribution in [0.3, 0.4) is 0 Å². The van der Waals surface area contributed by atoms with E-state index in [4.69, 9.17) is 9.47 Å². The summed E-state index contributed by atoms with van der Waals surface area (Å²) in [5.74, 6) is 0.839. The molecule has 1 fully saturated rings. The van der Waals surface area contributed by atoms with Gasteiger partial charge in [-0.25, -0.2) is 8.42 Å². The van der Waals surface area contributed by atoms with Crippen LogP contribution in [0, 0.1) is 0 Å². The predicted molar refractivity (Wildman–Crippen MR) is 109 cm³/mol. The first-order chi connectivity index (χ1) is 14.0. The lowest BCUT2D eigenvalue weighted by molar-refractivity contribution is 0.102. The fourth-order valence-electron chi connectivity index (χ4n) is 3.79. The zero-order valence-electron chi connectivity index (χ0n) is 16.3. The number of carbonyl (C=O) groups excluding carboxylic acids is 1. The molecule has 4 rings (SSSR count). The highest BCUT2D eigenvalue weighted by atomic mass is 32.2. The number of hydrogen-bond acceptors (Lipinski definition) is 5. The maximum Gasteiger partial charge on any atom is 0.255 e. The first-order valence-corrected chi connectivity index (χ1v) is 11.3. The van der Waals surface area contributed by atoms with Gasteiger partial charge in [0.15, 0.2) is 11.5 Å². The highest BCUT2D eigenvalue weighted by Crippen LogP contribution is 2.33. The minimum atomic E-state index is -3.54. The van der Waals surface area contributed by atoms with Crippen molar-refractivity contribution in [3.63, 3.8) is 0 Å². The summed E-state index contributed by atoms with van der Waals surface area (Å²) in [5, 5.41) is 2.78. The van der Waals surface area contributed by atoms with Crippen LogP contribution in [0.2, 0.25) is 0 Å². The third-order valence-corrected chi connectivity index (χ3v) is 7.36. The Hall–Kier alpha value is -2.58. The van der Waals surface area contributed by atoms with Crippen LogP contribution in [0.25, 0.3) is 0 Å². The smallest absolute Gasteiger partial charge is 0.255 e. The van der Waals surface area contributed by atoms with Gasteiger partial charge in [-0.2, -0.15) is 4.31 Å². The maximum atomic E-state index is 13.0. The lowest BCUT2D eigenvalue weighted by Crippen LogP contribution is -2.43. The van der Waals surface area contributed by atoms with Crippen molar-refractivity contribution in [3.05, 3.63) is 48.0 Å². The molecule has 0 radical (unpaired) electrons. The van der Waals surface area contributed by atoms with Gasteiger partial charge in [0.05, 0.1) is 4.90 Å². The predicted octanol–water partition coefficient (Wildman–Crippen LogP) is 3.62. The number of sulfonamides is 1. The molecule has 8 heteroatoms. The van der Waals surface area contributed by atoms with Crippen LogP contribution in [0.15, 0.2) is 47.4 Å². The highest BCUT2D eigenvalue weighted by molar-refractivity contribution is 7.89. The van der Waals surface area contributed by atoms with Crippen molar-refractivity contribution in [2.75, 3.05) is 18.7 Å². The van der Waals surface area contributed by atoms with Crippen LogP contribution < -0.4 is 14.8 Å². The molecule has 0 aliphatic carbocycles. The second-order valence-electron chi connectivity index (χ2n) is 7.22. The van der Waals surface area contributed by atoms with E-state index in [0.717, 1.165) is 25.7 Å². The average molecular weight is 416 g/mol. The van der Waals surface area contributed by atoms with Crippen molar-refractivity contribution < 1.29 is 22.7 Å². The number of nitrogens with zero attached hydrogens (tertiary/aromatic N) is 1. The lowest BCUT2D eigenvalue weighted by Gasteiger charge is -2.34. The molecule has 0 spiro atoms. The number of anilines is 1. The molecule has 2 aliphatic heterocycles. The minimum Gasteiger partial charge on any atom is -0.454 e. The molecule has 2 heterocycles. The van der Waals surface area contributed by atoms with E-state index in [1.54, 1.807) is 46.8 Å². The van der Waals surface area contributed by atoms with Gasteiger partial charge in [0, 0.05) is 23.8 Å². The minimum absolute atomic E-state index is 0.0548. The normalized spacial score (nSPS) is 19.1. The summed E-state index contributed by atoms with van der Waals surface area (Å²) in [4.78, 5) is 12.7. The number of ether oxygens (including phenoxy) is 2. The number of carbonyl (C=O) groups is 1. The molecule has 0 aromatic heterocycles. The number of fused-ring (bicyclic) bond motifs is 1.